The van der Waals surface area contributed by atoms with Crippen LogP contribution in [-0.2, 0) is 12.8 Å². The average molecular weight is 426 g/mol. The zero-order valence-electron chi connectivity index (χ0n) is 18.4. The number of aromatic nitrogens is 1. The van der Waals surface area contributed by atoms with Crippen LogP contribution in [0.5, 0.6) is 0 Å². The number of piperazine rings is 1. The molecule has 1 aliphatic carbocycles. The summed E-state index contributed by atoms with van der Waals surface area (Å²) >= 11 is 0. The fourth-order valence-corrected chi connectivity index (χ4v) is 4.83. The van der Waals surface area contributed by atoms with Gasteiger partial charge in [0.1, 0.15) is 0 Å². The van der Waals surface area contributed by atoms with Crippen LogP contribution in [0, 0.1) is 0 Å². The molecule has 2 heterocycles. The third-order valence-electron chi connectivity index (χ3n) is 6.51. The molecule has 7 heteroatoms. The zero-order valence-corrected chi connectivity index (χ0v) is 18.4. The molecule has 4 rings (SSSR count). The standard InChI is InChI=1S/C24H35N5O2/c30-24(31)26-12-6-14-29-17-15-28(16-18-29)13-5-11-25-23-19-7-1-3-9-21(19)27-22-10-4-2-8-20(22)23/h1,3,7,9,26H,2,4-6,8,10-18H2,(H,25,27)(H,30,31). The van der Waals surface area contributed by atoms with Gasteiger partial charge in [-0.25, -0.2) is 4.79 Å². The molecule has 1 amide bonds. The fraction of sp³-hybridized carbons (Fsp3) is 0.583. The van der Waals surface area contributed by atoms with E-state index in [0.29, 0.717) is 6.54 Å². The maximum absolute atomic E-state index is 10.5. The Labute approximate surface area is 184 Å². The predicted octanol–water partition coefficient (Wildman–Crippen LogP) is 3.19. The number of fused-ring (bicyclic) bond motifs is 2. The molecular weight excluding hydrogens is 390 g/mol. The summed E-state index contributed by atoms with van der Waals surface area (Å²) < 4.78 is 0. The van der Waals surface area contributed by atoms with Crippen molar-refractivity contribution >= 4 is 22.7 Å². The molecule has 1 saturated heterocycles. The van der Waals surface area contributed by atoms with E-state index in [4.69, 9.17) is 10.1 Å². The van der Waals surface area contributed by atoms with E-state index >= 15 is 0 Å². The second kappa shape index (κ2) is 10.8. The molecule has 168 valence electrons. The number of aryl methyl sites for hydroxylation is 1. The number of hydrogen-bond donors (Lipinski definition) is 3. The van der Waals surface area contributed by atoms with Crippen molar-refractivity contribution in [1.29, 1.82) is 0 Å². The molecule has 7 nitrogen and oxygen atoms in total. The number of nitrogens with one attached hydrogen (secondary N) is 2. The van der Waals surface area contributed by atoms with E-state index in [9.17, 15) is 4.79 Å². The smallest absolute Gasteiger partial charge is 0.404 e. The van der Waals surface area contributed by atoms with Crippen LogP contribution in [0.2, 0.25) is 0 Å². The fourth-order valence-electron chi connectivity index (χ4n) is 4.83. The Kier molecular flexibility index (Phi) is 7.59. The third-order valence-corrected chi connectivity index (χ3v) is 6.51. The lowest BCUT2D eigenvalue weighted by Gasteiger charge is -2.34. The van der Waals surface area contributed by atoms with Crippen molar-refractivity contribution in [3.8, 4) is 0 Å². The quantitative estimate of drug-likeness (QED) is 0.536. The van der Waals surface area contributed by atoms with Gasteiger partial charge in [-0.3, -0.25) is 4.98 Å². The third kappa shape index (κ3) is 5.86. The van der Waals surface area contributed by atoms with E-state index in [2.05, 4.69) is 44.7 Å². The van der Waals surface area contributed by atoms with Gasteiger partial charge in [0, 0.05) is 56.0 Å². The molecule has 2 aromatic rings. The van der Waals surface area contributed by atoms with E-state index in [-0.39, 0.29) is 0 Å². The summed E-state index contributed by atoms with van der Waals surface area (Å²) in [7, 11) is 0. The van der Waals surface area contributed by atoms with E-state index in [1.807, 2.05) is 0 Å². The number of nitrogens with zero attached hydrogens (tertiary/aromatic N) is 3. The number of carboxylic acid groups (broad SMARTS) is 1. The molecule has 31 heavy (non-hydrogen) atoms. The number of amides is 1. The van der Waals surface area contributed by atoms with Gasteiger partial charge >= 0.3 is 6.09 Å². The molecule has 2 aliphatic rings. The van der Waals surface area contributed by atoms with Crippen LogP contribution in [0.15, 0.2) is 24.3 Å². The van der Waals surface area contributed by atoms with E-state index in [0.717, 1.165) is 77.0 Å². The minimum Gasteiger partial charge on any atom is -0.465 e. The van der Waals surface area contributed by atoms with Gasteiger partial charge in [-0.2, -0.15) is 0 Å². The summed E-state index contributed by atoms with van der Waals surface area (Å²) in [5.74, 6) is 0. The lowest BCUT2D eigenvalue weighted by atomic mass is 9.92. The number of rotatable bonds is 9. The Morgan fingerprint density at radius 3 is 2.39 bits per heavy atom. The molecule has 3 N–H and O–H groups in total. The molecule has 1 aromatic heterocycles. The second-order valence-electron chi connectivity index (χ2n) is 8.69. The molecule has 1 fully saturated rings. The van der Waals surface area contributed by atoms with E-state index in [1.54, 1.807) is 0 Å². The monoisotopic (exact) mass is 425 g/mol. The molecule has 0 unspecified atom stereocenters. The Morgan fingerprint density at radius 1 is 0.968 bits per heavy atom. The van der Waals surface area contributed by atoms with Crippen molar-refractivity contribution < 1.29 is 9.90 Å². The largest absolute Gasteiger partial charge is 0.465 e. The number of anilines is 1. The highest BCUT2D eigenvalue weighted by Crippen LogP contribution is 2.33. The van der Waals surface area contributed by atoms with Gasteiger partial charge in [0.05, 0.1) is 5.52 Å². The predicted molar refractivity (Wildman–Crippen MR) is 125 cm³/mol. The number of hydrogen-bond acceptors (Lipinski definition) is 5. The van der Waals surface area contributed by atoms with Crippen molar-refractivity contribution in [2.45, 2.75) is 38.5 Å². The van der Waals surface area contributed by atoms with Gasteiger partial charge in [0.2, 0.25) is 0 Å². The highest BCUT2D eigenvalue weighted by Gasteiger charge is 2.19. The highest BCUT2D eigenvalue weighted by molar-refractivity contribution is 5.93. The van der Waals surface area contributed by atoms with Gasteiger partial charge in [0.25, 0.3) is 0 Å². The second-order valence-corrected chi connectivity index (χ2v) is 8.69. The minimum absolute atomic E-state index is 0.536. The molecule has 0 atom stereocenters. The summed E-state index contributed by atoms with van der Waals surface area (Å²) in [6.07, 6.45) is 5.83. The summed E-state index contributed by atoms with van der Waals surface area (Å²) in [4.78, 5) is 20.4. The van der Waals surface area contributed by atoms with Gasteiger partial charge in [-0.05, 0) is 63.2 Å². The first kappa shape index (κ1) is 21.8. The van der Waals surface area contributed by atoms with Crippen molar-refractivity contribution in [2.24, 2.45) is 0 Å². The van der Waals surface area contributed by atoms with E-state index < -0.39 is 6.09 Å². The number of pyridine rings is 1. The van der Waals surface area contributed by atoms with Crippen molar-refractivity contribution in [2.75, 3.05) is 57.7 Å². The van der Waals surface area contributed by atoms with Crippen molar-refractivity contribution in [3.63, 3.8) is 0 Å². The first-order chi connectivity index (χ1) is 15.2. The van der Waals surface area contributed by atoms with Crippen LogP contribution in [0.25, 0.3) is 10.9 Å². The van der Waals surface area contributed by atoms with E-state index in [1.165, 1.54) is 35.2 Å². The van der Waals surface area contributed by atoms with Crippen molar-refractivity contribution in [1.82, 2.24) is 20.1 Å². The summed E-state index contributed by atoms with van der Waals surface area (Å²) in [5.41, 5.74) is 5.17. The number of benzene rings is 1. The average Bonchev–Trinajstić information content (AvgIpc) is 2.79. The lowest BCUT2D eigenvalue weighted by molar-refractivity contribution is 0.131. The molecule has 1 aromatic carbocycles. The summed E-state index contributed by atoms with van der Waals surface area (Å²) in [6, 6.07) is 8.52. The topological polar surface area (TPSA) is 80.7 Å². The molecule has 0 saturated carbocycles. The van der Waals surface area contributed by atoms with Crippen LogP contribution in [0.4, 0.5) is 10.5 Å². The zero-order chi connectivity index (χ0) is 21.5. The van der Waals surface area contributed by atoms with Crippen LogP contribution >= 0.6 is 0 Å². The first-order valence-electron chi connectivity index (χ1n) is 11.8. The molecule has 0 bridgehead atoms. The molecule has 0 radical (unpaired) electrons. The summed E-state index contributed by atoms with van der Waals surface area (Å²) in [5, 5.41) is 16.1. The van der Waals surface area contributed by atoms with Gasteiger partial charge in [-0.15, -0.1) is 0 Å². The van der Waals surface area contributed by atoms with Crippen molar-refractivity contribution in [3.05, 3.63) is 35.5 Å². The lowest BCUT2D eigenvalue weighted by Crippen LogP contribution is -2.47. The Balaban J connectivity index is 1.22. The number of para-hydroxylation sites is 1. The maximum atomic E-state index is 10.5. The molecule has 1 aliphatic heterocycles. The maximum Gasteiger partial charge on any atom is 0.404 e. The highest BCUT2D eigenvalue weighted by atomic mass is 16.4. The van der Waals surface area contributed by atoms with Crippen LogP contribution < -0.4 is 10.6 Å². The van der Waals surface area contributed by atoms with Crippen LogP contribution in [0.1, 0.15) is 36.9 Å². The first-order valence-corrected chi connectivity index (χ1v) is 11.8. The van der Waals surface area contributed by atoms with Crippen LogP contribution in [-0.4, -0.2) is 78.3 Å². The molecular formula is C24H35N5O2. The Morgan fingerprint density at radius 2 is 1.65 bits per heavy atom. The summed E-state index contributed by atoms with van der Waals surface area (Å²) in [6.45, 7) is 7.95. The number of carbonyl (C=O) groups is 1. The van der Waals surface area contributed by atoms with Crippen LogP contribution in [0.3, 0.4) is 0 Å². The SMILES string of the molecule is O=C(O)NCCCN1CCN(CCCNc2c3c(nc4ccccc24)CCCC3)CC1. The Bertz CT molecular complexity index is 880. The minimum atomic E-state index is -0.932. The Hall–Kier alpha value is -2.38. The van der Waals surface area contributed by atoms with Gasteiger partial charge < -0.3 is 25.5 Å². The normalized spacial score (nSPS) is 17.4. The van der Waals surface area contributed by atoms with Gasteiger partial charge in [0.15, 0.2) is 0 Å². The van der Waals surface area contributed by atoms with Gasteiger partial charge in [-0.1, -0.05) is 18.2 Å². The molecule has 0 spiro atoms.